The second-order valence-corrected chi connectivity index (χ2v) is 8.85. The van der Waals surface area contributed by atoms with Gasteiger partial charge in [0.05, 0.1) is 6.10 Å². The van der Waals surface area contributed by atoms with Crippen LogP contribution in [0.3, 0.4) is 0 Å². The summed E-state index contributed by atoms with van der Waals surface area (Å²) in [6.45, 7) is 12.8. The number of rotatable bonds is 9. The van der Waals surface area contributed by atoms with Gasteiger partial charge < -0.3 is 20.6 Å². The number of nitrogens with zero attached hydrogens (tertiary/aromatic N) is 2. The second-order valence-electron chi connectivity index (χ2n) is 8.85. The van der Waals surface area contributed by atoms with Crippen molar-refractivity contribution in [3.05, 3.63) is 0 Å². The first kappa shape index (κ1) is 21.5. The molecule has 1 aliphatic carbocycles. The summed E-state index contributed by atoms with van der Waals surface area (Å²) in [4.78, 5) is 7.43. The summed E-state index contributed by atoms with van der Waals surface area (Å²) in [5, 5.41) is 16.5. The number of aliphatic imine (C=N–C) groups is 1. The molecule has 1 heterocycles. The van der Waals surface area contributed by atoms with Crippen molar-refractivity contribution in [2.24, 2.45) is 16.3 Å². The molecule has 152 valence electrons. The third-order valence-corrected chi connectivity index (χ3v) is 5.92. The minimum absolute atomic E-state index is 0.0781. The normalized spacial score (nSPS) is 22.1. The van der Waals surface area contributed by atoms with E-state index in [4.69, 9.17) is 4.99 Å². The van der Waals surface area contributed by atoms with E-state index >= 15 is 0 Å². The lowest BCUT2D eigenvalue weighted by molar-refractivity contribution is 0.0823. The highest BCUT2D eigenvalue weighted by Gasteiger charge is 2.34. The molecule has 2 fully saturated rings. The molecule has 1 saturated heterocycles. The lowest BCUT2D eigenvalue weighted by atomic mass is 9.78. The maximum atomic E-state index is 9.59. The van der Waals surface area contributed by atoms with Gasteiger partial charge in [-0.25, -0.2) is 0 Å². The molecule has 5 nitrogen and oxygen atoms in total. The molecular weight excluding hydrogens is 324 g/mol. The molecular formula is C21H42N4O. The van der Waals surface area contributed by atoms with Crippen molar-refractivity contribution in [2.75, 3.05) is 39.3 Å². The van der Waals surface area contributed by atoms with Crippen molar-refractivity contribution in [1.29, 1.82) is 0 Å². The SMILES string of the molecule is CCNC(=NCC1(CC(C)C)CCCC1)NCCCN1CCC(O)CC1. The van der Waals surface area contributed by atoms with E-state index in [2.05, 4.69) is 36.3 Å². The molecule has 5 heteroatoms. The van der Waals surface area contributed by atoms with Crippen LogP contribution in [0.5, 0.6) is 0 Å². The van der Waals surface area contributed by atoms with Gasteiger partial charge in [0.25, 0.3) is 0 Å². The van der Waals surface area contributed by atoms with Crippen molar-refractivity contribution in [3.63, 3.8) is 0 Å². The van der Waals surface area contributed by atoms with Crippen LogP contribution in [0.1, 0.15) is 72.1 Å². The summed E-state index contributed by atoms with van der Waals surface area (Å²) in [5.74, 6) is 1.73. The predicted octanol–water partition coefficient (Wildman–Crippen LogP) is 2.99. The zero-order valence-corrected chi connectivity index (χ0v) is 17.4. The number of nitrogens with one attached hydrogen (secondary N) is 2. The smallest absolute Gasteiger partial charge is 0.191 e. The third kappa shape index (κ3) is 7.43. The molecule has 0 aromatic rings. The van der Waals surface area contributed by atoms with Crippen LogP contribution in [0.15, 0.2) is 4.99 Å². The quantitative estimate of drug-likeness (QED) is 0.333. The largest absolute Gasteiger partial charge is 0.393 e. The standard InChI is InChI=1S/C21H42N4O/c1-4-22-20(23-12-7-13-25-14-8-19(26)9-15-25)24-17-21(16-18(2)3)10-5-6-11-21/h18-19,26H,4-17H2,1-3H3,(H2,22,23,24). The van der Waals surface area contributed by atoms with Crippen LogP contribution in [0.2, 0.25) is 0 Å². The van der Waals surface area contributed by atoms with Crippen LogP contribution in [-0.4, -0.2) is 61.3 Å². The van der Waals surface area contributed by atoms with Crippen LogP contribution in [0.4, 0.5) is 0 Å². The van der Waals surface area contributed by atoms with E-state index in [1.165, 1.54) is 32.1 Å². The highest BCUT2D eigenvalue weighted by atomic mass is 16.3. The van der Waals surface area contributed by atoms with Gasteiger partial charge in [-0.2, -0.15) is 0 Å². The molecule has 0 spiro atoms. The van der Waals surface area contributed by atoms with Crippen LogP contribution in [0.25, 0.3) is 0 Å². The van der Waals surface area contributed by atoms with Gasteiger partial charge in [-0.3, -0.25) is 4.99 Å². The second kappa shape index (κ2) is 11.1. The number of hydrogen-bond acceptors (Lipinski definition) is 3. The van der Waals surface area contributed by atoms with E-state index in [1.54, 1.807) is 0 Å². The summed E-state index contributed by atoms with van der Waals surface area (Å²) in [6, 6.07) is 0. The molecule has 0 radical (unpaired) electrons. The predicted molar refractivity (Wildman–Crippen MR) is 111 cm³/mol. The third-order valence-electron chi connectivity index (χ3n) is 5.92. The Hall–Kier alpha value is -0.810. The van der Waals surface area contributed by atoms with Crippen molar-refractivity contribution >= 4 is 5.96 Å². The van der Waals surface area contributed by atoms with E-state index in [9.17, 15) is 5.11 Å². The molecule has 3 N–H and O–H groups in total. The van der Waals surface area contributed by atoms with E-state index in [0.717, 1.165) is 70.4 Å². The minimum Gasteiger partial charge on any atom is -0.393 e. The van der Waals surface area contributed by atoms with E-state index in [0.29, 0.717) is 5.41 Å². The summed E-state index contributed by atoms with van der Waals surface area (Å²) >= 11 is 0. The van der Waals surface area contributed by atoms with Crippen LogP contribution in [-0.2, 0) is 0 Å². The molecule has 0 atom stereocenters. The molecule has 0 bridgehead atoms. The Labute approximate surface area is 161 Å². The molecule has 0 aromatic carbocycles. The molecule has 0 aromatic heterocycles. The molecule has 1 saturated carbocycles. The van der Waals surface area contributed by atoms with Crippen molar-refractivity contribution < 1.29 is 5.11 Å². The van der Waals surface area contributed by atoms with Crippen molar-refractivity contribution in [2.45, 2.75) is 78.2 Å². The first-order chi connectivity index (χ1) is 12.5. The minimum atomic E-state index is -0.0781. The molecule has 2 aliphatic rings. The Morgan fingerprint density at radius 2 is 1.88 bits per heavy atom. The number of piperidine rings is 1. The summed E-state index contributed by atoms with van der Waals surface area (Å²) in [5.41, 5.74) is 0.436. The lowest BCUT2D eigenvalue weighted by Crippen LogP contribution is -2.41. The monoisotopic (exact) mass is 366 g/mol. The molecule has 26 heavy (non-hydrogen) atoms. The molecule has 0 unspecified atom stereocenters. The van der Waals surface area contributed by atoms with Crippen molar-refractivity contribution in [1.82, 2.24) is 15.5 Å². The molecule has 2 rings (SSSR count). The van der Waals surface area contributed by atoms with Gasteiger partial charge in [-0.1, -0.05) is 26.7 Å². The van der Waals surface area contributed by atoms with Crippen molar-refractivity contribution in [3.8, 4) is 0 Å². The van der Waals surface area contributed by atoms with Gasteiger partial charge in [0, 0.05) is 32.7 Å². The summed E-state index contributed by atoms with van der Waals surface area (Å²) in [7, 11) is 0. The van der Waals surface area contributed by atoms with Crippen LogP contribution in [0, 0.1) is 11.3 Å². The van der Waals surface area contributed by atoms with E-state index < -0.39 is 0 Å². The Balaban J connectivity index is 1.75. The van der Waals surface area contributed by atoms with Gasteiger partial charge in [0.1, 0.15) is 0 Å². The molecule has 1 aliphatic heterocycles. The fourth-order valence-electron chi connectivity index (χ4n) is 4.66. The van der Waals surface area contributed by atoms with Crippen LogP contribution < -0.4 is 10.6 Å². The maximum Gasteiger partial charge on any atom is 0.191 e. The van der Waals surface area contributed by atoms with E-state index in [1.807, 2.05) is 0 Å². The fourth-order valence-corrected chi connectivity index (χ4v) is 4.66. The van der Waals surface area contributed by atoms with Gasteiger partial charge in [-0.05, 0) is 63.3 Å². The first-order valence-electron chi connectivity index (χ1n) is 11.0. The summed E-state index contributed by atoms with van der Waals surface area (Å²) < 4.78 is 0. The zero-order chi connectivity index (χ0) is 18.8. The summed E-state index contributed by atoms with van der Waals surface area (Å²) in [6.07, 6.45) is 9.63. The van der Waals surface area contributed by atoms with Crippen LogP contribution >= 0.6 is 0 Å². The highest BCUT2D eigenvalue weighted by molar-refractivity contribution is 5.79. The zero-order valence-electron chi connectivity index (χ0n) is 17.4. The van der Waals surface area contributed by atoms with Gasteiger partial charge in [0.2, 0.25) is 0 Å². The van der Waals surface area contributed by atoms with Gasteiger partial charge in [-0.15, -0.1) is 0 Å². The van der Waals surface area contributed by atoms with Gasteiger partial charge >= 0.3 is 0 Å². The number of aliphatic hydroxyl groups is 1. The lowest BCUT2D eigenvalue weighted by Gasteiger charge is -2.30. The Kier molecular flexibility index (Phi) is 9.20. The number of likely N-dealkylation sites (tertiary alicyclic amines) is 1. The Bertz CT molecular complexity index is 410. The first-order valence-corrected chi connectivity index (χ1v) is 11.0. The number of aliphatic hydroxyl groups excluding tert-OH is 1. The highest BCUT2D eigenvalue weighted by Crippen LogP contribution is 2.43. The average molecular weight is 367 g/mol. The number of guanidine groups is 1. The molecule has 0 amide bonds. The Morgan fingerprint density at radius 3 is 2.50 bits per heavy atom. The number of hydrogen-bond donors (Lipinski definition) is 3. The topological polar surface area (TPSA) is 59.9 Å². The Morgan fingerprint density at radius 1 is 1.19 bits per heavy atom. The maximum absolute atomic E-state index is 9.59. The average Bonchev–Trinajstić information content (AvgIpc) is 3.06. The van der Waals surface area contributed by atoms with Gasteiger partial charge in [0.15, 0.2) is 5.96 Å². The van der Waals surface area contributed by atoms with E-state index in [-0.39, 0.29) is 6.10 Å². The fraction of sp³-hybridized carbons (Fsp3) is 0.952.